The van der Waals surface area contributed by atoms with E-state index in [1.54, 1.807) is 16.6 Å². The molecule has 4 aromatic rings. The Kier molecular flexibility index (Phi) is 3.28. The highest BCUT2D eigenvalue weighted by molar-refractivity contribution is 5.84. The van der Waals surface area contributed by atoms with E-state index in [1.165, 1.54) is 12.1 Å². The molecule has 2 aromatic carbocycles. The first kappa shape index (κ1) is 15.6. The number of alkyl halides is 3. The quantitative estimate of drug-likeness (QED) is 0.553. The monoisotopic (exact) mass is 344 g/mol. The summed E-state index contributed by atoms with van der Waals surface area (Å²) in [5.41, 5.74) is 9.76. The van der Waals surface area contributed by atoms with Crippen LogP contribution in [0.25, 0.3) is 16.7 Å². The minimum atomic E-state index is -4.36. The molecule has 0 saturated carbocycles. The molecule has 2 heterocycles. The highest BCUT2D eigenvalue weighted by Crippen LogP contribution is 2.30. The van der Waals surface area contributed by atoms with Crippen LogP contribution in [-0.4, -0.2) is 14.2 Å². The topological polar surface area (TPSA) is 48.2 Å². The molecule has 0 bridgehead atoms. The Bertz CT molecular complexity index is 1090. The van der Waals surface area contributed by atoms with Crippen molar-refractivity contribution >= 4 is 22.4 Å². The highest BCUT2D eigenvalue weighted by atomic mass is 19.4. The summed E-state index contributed by atoms with van der Waals surface area (Å²) in [4.78, 5) is 0. The number of nitrogens with two attached hydrogens (primary N) is 1. The zero-order chi connectivity index (χ0) is 17.8. The third-order valence-corrected chi connectivity index (χ3v) is 4.20. The van der Waals surface area contributed by atoms with Crippen molar-refractivity contribution in [2.75, 3.05) is 5.73 Å². The van der Waals surface area contributed by atoms with Crippen LogP contribution in [0, 0.1) is 6.92 Å². The summed E-state index contributed by atoms with van der Waals surface area (Å²) in [7, 11) is 0. The molecule has 0 amide bonds. The molecule has 0 aliphatic heterocycles. The van der Waals surface area contributed by atoms with Crippen molar-refractivity contribution in [1.29, 1.82) is 0 Å². The minimum Gasteiger partial charge on any atom is -0.399 e. The third kappa shape index (κ3) is 2.61. The first-order chi connectivity index (χ1) is 11.8. The number of imidazole rings is 1. The van der Waals surface area contributed by atoms with Gasteiger partial charge >= 0.3 is 6.18 Å². The second kappa shape index (κ2) is 5.27. The van der Waals surface area contributed by atoms with E-state index in [2.05, 4.69) is 5.10 Å². The van der Waals surface area contributed by atoms with Crippen LogP contribution in [0.4, 0.5) is 18.9 Å². The van der Waals surface area contributed by atoms with Crippen molar-refractivity contribution in [2.24, 2.45) is 0 Å². The number of anilines is 1. The third-order valence-electron chi connectivity index (χ3n) is 4.20. The molecular formula is C18H15F3N4. The zero-order valence-electron chi connectivity index (χ0n) is 13.4. The minimum absolute atomic E-state index is 0.297. The van der Waals surface area contributed by atoms with E-state index >= 15 is 0 Å². The van der Waals surface area contributed by atoms with Crippen LogP contribution < -0.4 is 5.73 Å². The fourth-order valence-corrected chi connectivity index (χ4v) is 3.11. The number of aromatic nitrogens is 3. The maximum atomic E-state index is 13.0. The van der Waals surface area contributed by atoms with E-state index in [1.807, 2.05) is 29.7 Å². The van der Waals surface area contributed by atoms with Crippen LogP contribution in [0.2, 0.25) is 0 Å². The molecule has 0 atom stereocenters. The maximum Gasteiger partial charge on any atom is 0.416 e. The zero-order valence-corrected chi connectivity index (χ0v) is 13.4. The van der Waals surface area contributed by atoms with Gasteiger partial charge in [-0.1, -0.05) is 12.1 Å². The first-order valence-electron chi connectivity index (χ1n) is 7.73. The Morgan fingerprint density at radius 2 is 1.84 bits per heavy atom. The van der Waals surface area contributed by atoms with Crippen molar-refractivity contribution < 1.29 is 13.2 Å². The van der Waals surface area contributed by atoms with Crippen LogP contribution >= 0.6 is 0 Å². The summed E-state index contributed by atoms with van der Waals surface area (Å²) in [6.07, 6.45) is -4.36. The van der Waals surface area contributed by atoms with Crippen LogP contribution in [0.15, 0.2) is 48.5 Å². The normalized spacial score (nSPS) is 12.3. The van der Waals surface area contributed by atoms with Crippen LogP contribution in [0.3, 0.4) is 0 Å². The molecule has 7 heteroatoms. The summed E-state index contributed by atoms with van der Waals surface area (Å²) in [6.45, 7) is 2.18. The van der Waals surface area contributed by atoms with Gasteiger partial charge in [0.2, 0.25) is 0 Å². The lowest BCUT2D eigenvalue weighted by molar-refractivity contribution is -0.137. The Morgan fingerprint density at radius 1 is 1.04 bits per heavy atom. The average molecular weight is 344 g/mol. The summed E-state index contributed by atoms with van der Waals surface area (Å²) < 4.78 is 42.6. The van der Waals surface area contributed by atoms with Crippen molar-refractivity contribution in [3.63, 3.8) is 0 Å². The van der Waals surface area contributed by atoms with Gasteiger partial charge in [0, 0.05) is 18.3 Å². The molecule has 25 heavy (non-hydrogen) atoms. The molecule has 2 aromatic heterocycles. The van der Waals surface area contributed by atoms with E-state index in [9.17, 15) is 13.2 Å². The second-order valence-corrected chi connectivity index (χ2v) is 6.09. The standard InChI is InChI=1S/C18H15F3N4/c1-11-7-17-24(10-12-3-2-4-13(8-12)18(19,20)21)16-9-14(22)5-6-15(16)25(17)23-11/h2-9H,10,22H2,1H3. The van der Waals surface area contributed by atoms with Crippen molar-refractivity contribution in [2.45, 2.75) is 19.6 Å². The number of fused-ring (bicyclic) bond motifs is 3. The van der Waals surface area contributed by atoms with Crippen LogP contribution in [0.5, 0.6) is 0 Å². The predicted octanol–water partition coefficient (Wildman–Crippen LogP) is 4.25. The molecule has 128 valence electrons. The Morgan fingerprint density at radius 3 is 2.60 bits per heavy atom. The number of rotatable bonds is 2. The lowest BCUT2D eigenvalue weighted by Crippen LogP contribution is -2.07. The van der Waals surface area contributed by atoms with Gasteiger partial charge < -0.3 is 10.3 Å². The summed E-state index contributed by atoms with van der Waals surface area (Å²) >= 11 is 0. The Labute approximate surface area is 141 Å². The van der Waals surface area contributed by atoms with Gasteiger partial charge in [-0.15, -0.1) is 0 Å². The first-order valence-corrected chi connectivity index (χ1v) is 7.73. The maximum absolute atomic E-state index is 13.0. The van der Waals surface area contributed by atoms with Crippen LogP contribution in [0.1, 0.15) is 16.8 Å². The van der Waals surface area contributed by atoms with Crippen molar-refractivity contribution in [1.82, 2.24) is 14.2 Å². The molecule has 0 saturated heterocycles. The number of hydrogen-bond acceptors (Lipinski definition) is 2. The largest absolute Gasteiger partial charge is 0.416 e. The molecule has 0 radical (unpaired) electrons. The molecule has 0 aliphatic rings. The fraction of sp³-hybridized carbons (Fsp3) is 0.167. The lowest BCUT2D eigenvalue weighted by atomic mass is 10.1. The van der Waals surface area contributed by atoms with Gasteiger partial charge in [-0.05, 0) is 42.8 Å². The summed E-state index contributed by atoms with van der Waals surface area (Å²) in [5, 5.41) is 4.47. The number of aryl methyl sites for hydroxylation is 1. The van der Waals surface area contributed by atoms with Gasteiger partial charge in [0.15, 0.2) is 0 Å². The van der Waals surface area contributed by atoms with E-state index < -0.39 is 11.7 Å². The number of nitrogens with zero attached hydrogens (tertiary/aromatic N) is 3. The van der Waals surface area contributed by atoms with E-state index in [4.69, 9.17) is 5.73 Å². The Balaban J connectivity index is 1.89. The molecule has 0 unspecified atom stereocenters. The van der Waals surface area contributed by atoms with Gasteiger partial charge in [0.05, 0.1) is 22.3 Å². The van der Waals surface area contributed by atoms with Crippen molar-refractivity contribution in [3.8, 4) is 0 Å². The van der Waals surface area contributed by atoms with E-state index in [0.717, 1.165) is 28.4 Å². The van der Waals surface area contributed by atoms with Gasteiger partial charge in [0.25, 0.3) is 0 Å². The van der Waals surface area contributed by atoms with E-state index in [-0.39, 0.29) is 0 Å². The van der Waals surface area contributed by atoms with Crippen molar-refractivity contribution in [3.05, 3.63) is 65.4 Å². The number of benzene rings is 2. The number of nitrogen functional groups attached to an aromatic ring is 1. The second-order valence-electron chi connectivity index (χ2n) is 6.09. The molecule has 0 aliphatic carbocycles. The summed E-state index contributed by atoms with van der Waals surface area (Å²) in [5.74, 6) is 0. The molecular weight excluding hydrogens is 329 g/mol. The molecule has 4 rings (SSSR count). The van der Waals surface area contributed by atoms with Gasteiger partial charge in [-0.3, -0.25) is 0 Å². The van der Waals surface area contributed by atoms with Gasteiger partial charge in [0.1, 0.15) is 5.65 Å². The van der Waals surface area contributed by atoms with E-state index in [0.29, 0.717) is 17.8 Å². The summed E-state index contributed by atoms with van der Waals surface area (Å²) in [6, 6.07) is 12.7. The van der Waals surface area contributed by atoms with Crippen LogP contribution in [-0.2, 0) is 12.7 Å². The molecule has 4 nitrogen and oxygen atoms in total. The highest BCUT2D eigenvalue weighted by Gasteiger charge is 2.30. The van der Waals surface area contributed by atoms with Gasteiger partial charge in [-0.25, -0.2) is 4.52 Å². The molecule has 0 fully saturated rings. The number of halogens is 3. The van der Waals surface area contributed by atoms with Gasteiger partial charge in [-0.2, -0.15) is 18.3 Å². The predicted molar refractivity (Wildman–Crippen MR) is 90.4 cm³/mol. The SMILES string of the molecule is Cc1cc2n(Cc3cccc(C(F)(F)F)c3)c3cc(N)ccc3n2n1. The lowest BCUT2D eigenvalue weighted by Gasteiger charge is -2.10. The molecule has 0 spiro atoms. The average Bonchev–Trinajstić information content (AvgIpc) is 3.04. The number of hydrogen-bond donors (Lipinski definition) is 1. The smallest absolute Gasteiger partial charge is 0.399 e. The Hall–Kier alpha value is -2.96. The fourth-order valence-electron chi connectivity index (χ4n) is 3.11. The molecule has 2 N–H and O–H groups in total.